The molecule has 5 nitrogen and oxygen atoms in total. The summed E-state index contributed by atoms with van der Waals surface area (Å²) in [7, 11) is 2.09. The summed E-state index contributed by atoms with van der Waals surface area (Å²) in [5, 5.41) is 38.5. The standard InChI is InChI=1S/C21H21N5/c1-14-9-17-16(10-22)19(25)21(11-23,12-24)18(15-7-5-4-6-8-15)20(17,2)13-26(14)3/h4-9,14,16,18,25H,13H2,1-3H3/p+1/t14-,16-,18+,20-/m1/s1. The van der Waals surface area contributed by atoms with Crippen molar-refractivity contribution in [2.75, 3.05) is 13.6 Å². The Hall–Kier alpha value is -2.94. The van der Waals surface area contributed by atoms with E-state index in [0.717, 1.165) is 11.1 Å². The monoisotopic (exact) mass is 344 g/mol. The van der Waals surface area contributed by atoms with Gasteiger partial charge in [0.1, 0.15) is 12.0 Å². The van der Waals surface area contributed by atoms with E-state index in [1.165, 1.54) is 4.90 Å². The smallest absolute Gasteiger partial charge is 0.190 e. The SMILES string of the molecule is C[C@@H]1C=C2[C@@H](C#N)C(=N)C(C#N)(C#N)[C@@H](c3ccccc3)[C@]2(C)C[NH+]1C. The van der Waals surface area contributed by atoms with Gasteiger partial charge in [-0.05, 0) is 31.1 Å². The molecule has 26 heavy (non-hydrogen) atoms. The first kappa shape index (κ1) is 17.9. The van der Waals surface area contributed by atoms with Gasteiger partial charge in [0.25, 0.3) is 0 Å². The van der Waals surface area contributed by atoms with Crippen molar-refractivity contribution in [3.63, 3.8) is 0 Å². The van der Waals surface area contributed by atoms with Crippen LogP contribution < -0.4 is 4.90 Å². The zero-order valence-electron chi connectivity index (χ0n) is 15.2. The number of rotatable bonds is 1. The van der Waals surface area contributed by atoms with Gasteiger partial charge in [0, 0.05) is 11.3 Å². The van der Waals surface area contributed by atoms with Crippen LogP contribution in [0.1, 0.15) is 25.3 Å². The first-order valence-corrected chi connectivity index (χ1v) is 8.76. The van der Waals surface area contributed by atoms with Crippen LogP contribution in [-0.2, 0) is 0 Å². The van der Waals surface area contributed by atoms with Crippen molar-refractivity contribution in [3.8, 4) is 18.2 Å². The summed E-state index contributed by atoms with van der Waals surface area (Å²) in [5.41, 5.74) is -0.525. The minimum atomic E-state index is -1.64. The van der Waals surface area contributed by atoms with Crippen molar-refractivity contribution in [2.45, 2.75) is 25.8 Å². The third-order valence-corrected chi connectivity index (χ3v) is 6.22. The second kappa shape index (κ2) is 6.10. The second-order valence-corrected chi connectivity index (χ2v) is 7.70. The van der Waals surface area contributed by atoms with Crippen LogP contribution in [-0.4, -0.2) is 25.3 Å². The van der Waals surface area contributed by atoms with E-state index in [1.54, 1.807) is 0 Å². The zero-order valence-corrected chi connectivity index (χ0v) is 15.2. The normalized spacial score (nSPS) is 35.2. The van der Waals surface area contributed by atoms with Crippen molar-refractivity contribution in [1.82, 2.24) is 0 Å². The Labute approximate surface area is 154 Å². The molecule has 2 N–H and O–H groups in total. The minimum absolute atomic E-state index is 0.0886. The number of nitriles is 3. The van der Waals surface area contributed by atoms with Gasteiger partial charge in [0.15, 0.2) is 5.41 Å². The van der Waals surface area contributed by atoms with Crippen LogP contribution in [0.5, 0.6) is 0 Å². The first-order valence-electron chi connectivity index (χ1n) is 8.76. The van der Waals surface area contributed by atoms with Crippen LogP contribution in [0.25, 0.3) is 0 Å². The Morgan fingerprint density at radius 2 is 1.77 bits per heavy atom. The van der Waals surface area contributed by atoms with Gasteiger partial charge in [-0.3, -0.25) is 0 Å². The molecule has 1 aromatic rings. The summed E-state index contributed by atoms with van der Waals surface area (Å²) in [6.07, 6.45) is 2.08. The molecule has 0 saturated heterocycles. The predicted octanol–water partition coefficient (Wildman–Crippen LogP) is 1.83. The van der Waals surface area contributed by atoms with Gasteiger partial charge in [0.05, 0.1) is 37.5 Å². The third kappa shape index (κ3) is 2.20. The lowest BCUT2D eigenvalue weighted by molar-refractivity contribution is -0.905. The summed E-state index contributed by atoms with van der Waals surface area (Å²) >= 11 is 0. The highest BCUT2D eigenvalue weighted by Crippen LogP contribution is 2.59. The molecule has 0 bridgehead atoms. The van der Waals surface area contributed by atoms with E-state index in [0.29, 0.717) is 6.54 Å². The molecule has 0 aromatic heterocycles. The Kier molecular flexibility index (Phi) is 4.19. The molecule has 1 heterocycles. The largest absolute Gasteiger partial charge is 0.331 e. The van der Waals surface area contributed by atoms with Crippen LogP contribution in [0.3, 0.4) is 0 Å². The van der Waals surface area contributed by atoms with Gasteiger partial charge >= 0.3 is 0 Å². The first-order chi connectivity index (χ1) is 12.4. The molecule has 130 valence electrons. The Balaban J connectivity index is 2.37. The number of quaternary nitrogens is 1. The highest BCUT2D eigenvalue weighted by atomic mass is 15.1. The van der Waals surface area contributed by atoms with Gasteiger partial charge in [0.2, 0.25) is 0 Å². The predicted molar refractivity (Wildman–Crippen MR) is 97.1 cm³/mol. The zero-order chi connectivity index (χ0) is 19.1. The van der Waals surface area contributed by atoms with Crippen LogP contribution in [0, 0.1) is 56.2 Å². The number of fused-ring (bicyclic) bond motifs is 1. The quantitative estimate of drug-likeness (QED) is 0.760. The Bertz CT molecular complexity index is 881. The molecule has 0 amide bonds. The molecule has 5 heteroatoms. The molecule has 3 rings (SSSR count). The number of likely N-dealkylation sites (N-methyl/N-ethyl adjacent to an activating group) is 1. The molecular formula is C21H22N5+. The third-order valence-electron chi connectivity index (χ3n) is 6.22. The molecule has 1 aromatic carbocycles. The summed E-state index contributed by atoms with van der Waals surface area (Å²) in [5.74, 6) is -1.31. The molecule has 5 atom stereocenters. The van der Waals surface area contributed by atoms with Crippen molar-refractivity contribution in [3.05, 3.63) is 47.5 Å². The minimum Gasteiger partial charge on any atom is -0.331 e. The molecule has 1 saturated carbocycles. The van der Waals surface area contributed by atoms with Crippen molar-refractivity contribution in [2.24, 2.45) is 16.7 Å². The van der Waals surface area contributed by atoms with Crippen LogP contribution in [0.15, 0.2) is 42.0 Å². The molecule has 1 fully saturated rings. The van der Waals surface area contributed by atoms with E-state index in [2.05, 4.69) is 38.3 Å². The molecular weight excluding hydrogens is 322 g/mol. The van der Waals surface area contributed by atoms with Gasteiger partial charge in [-0.1, -0.05) is 30.3 Å². The number of benzene rings is 1. The van der Waals surface area contributed by atoms with Crippen molar-refractivity contribution < 1.29 is 4.90 Å². The van der Waals surface area contributed by atoms with Crippen molar-refractivity contribution in [1.29, 1.82) is 21.2 Å². The Morgan fingerprint density at radius 3 is 2.31 bits per heavy atom. The summed E-state index contributed by atoms with van der Waals surface area (Å²) in [6.45, 7) is 4.84. The molecule has 1 aliphatic carbocycles. The van der Waals surface area contributed by atoms with Crippen LogP contribution >= 0.6 is 0 Å². The average Bonchev–Trinajstić information content (AvgIpc) is 2.64. The maximum Gasteiger partial charge on any atom is 0.190 e. The summed E-state index contributed by atoms with van der Waals surface area (Å²) < 4.78 is 0. The summed E-state index contributed by atoms with van der Waals surface area (Å²) in [4.78, 5) is 1.27. The van der Waals surface area contributed by atoms with Gasteiger partial charge in [-0.25, -0.2) is 0 Å². The van der Waals surface area contributed by atoms with Gasteiger partial charge in [-0.15, -0.1) is 0 Å². The fourth-order valence-corrected chi connectivity index (χ4v) is 4.83. The van der Waals surface area contributed by atoms with E-state index < -0.39 is 22.7 Å². The summed E-state index contributed by atoms with van der Waals surface area (Å²) in [6, 6.07) is 16.2. The fourth-order valence-electron chi connectivity index (χ4n) is 4.83. The van der Waals surface area contributed by atoms with E-state index in [9.17, 15) is 15.8 Å². The van der Waals surface area contributed by atoms with E-state index in [1.807, 2.05) is 37.3 Å². The fraction of sp³-hybridized carbons (Fsp3) is 0.429. The number of nitrogens with zero attached hydrogens (tertiary/aromatic N) is 3. The van der Waals surface area contributed by atoms with Gasteiger partial charge < -0.3 is 10.3 Å². The number of nitrogens with one attached hydrogen (secondary N) is 2. The molecule has 0 radical (unpaired) electrons. The molecule has 2 aliphatic rings. The maximum atomic E-state index is 10.0. The average molecular weight is 344 g/mol. The van der Waals surface area contributed by atoms with Crippen LogP contribution in [0.4, 0.5) is 0 Å². The highest BCUT2D eigenvalue weighted by Gasteiger charge is 2.64. The molecule has 0 spiro atoms. The molecule has 1 unspecified atom stereocenters. The Morgan fingerprint density at radius 1 is 1.15 bits per heavy atom. The number of hydrogen-bond acceptors (Lipinski definition) is 4. The van der Waals surface area contributed by atoms with E-state index >= 15 is 0 Å². The highest BCUT2D eigenvalue weighted by molar-refractivity contribution is 6.01. The lowest BCUT2D eigenvalue weighted by Gasteiger charge is -2.53. The lowest BCUT2D eigenvalue weighted by Crippen LogP contribution is -3.14. The maximum absolute atomic E-state index is 10.0. The van der Waals surface area contributed by atoms with Crippen molar-refractivity contribution >= 4 is 5.71 Å². The second-order valence-electron chi connectivity index (χ2n) is 7.70. The van der Waals surface area contributed by atoms with Crippen LogP contribution in [0.2, 0.25) is 0 Å². The number of hydrogen-bond donors (Lipinski definition) is 2. The van der Waals surface area contributed by atoms with E-state index in [4.69, 9.17) is 5.41 Å². The molecule has 1 aliphatic heterocycles. The van der Waals surface area contributed by atoms with E-state index in [-0.39, 0.29) is 11.8 Å². The topological polar surface area (TPSA) is 99.7 Å². The van der Waals surface area contributed by atoms with Gasteiger partial charge in [-0.2, -0.15) is 15.8 Å². The lowest BCUT2D eigenvalue weighted by atomic mass is 9.48.